The SMILES string of the molecule is COc1cc(-c2nc(CN3CCCC[C@H]3c3nccs3)c(C)o2)cc2c1OCO2. The van der Waals surface area contributed by atoms with Crippen molar-refractivity contribution in [1.29, 1.82) is 0 Å². The Kier molecular flexibility index (Phi) is 4.89. The molecule has 0 aliphatic carbocycles. The van der Waals surface area contributed by atoms with Crippen LogP contribution in [0.25, 0.3) is 11.5 Å². The highest BCUT2D eigenvalue weighted by atomic mass is 32.1. The third kappa shape index (κ3) is 3.47. The van der Waals surface area contributed by atoms with Gasteiger partial charge in [-0.25, -0.2) is 9.97 Å². The molecule has 29 heavy (non-hydrogen) atoms. The van der Waals surface area contributed by atoms with E-state index in [1.807, 2.05) is 25.3 Å². The smallest absolute Gasteiger partial charge is 0.231 e. The number of nitrogens with zero attached hydrogens (tertiary/aromatic N) is 3. The summed E-state index contributed by atoms with van der Waals surface area (Å²) in [6, 6.07) is 4.12. The molecule has 8 heteroatoms. The number of hydrogen-bond donors (Lipinski definition) is 0. The van der Waals surface area contributed by atoms with E-state index in [-0.39, 0.29) is 6.79 Å². The summed E-state index contributed by atoms with van der Waals surface area (Å²) in [5, 5.41) is 3.24. The maximum absolute atomic E-state index is 6.02. The maximum atomic E-state index is 6.02. The predicted octanol–water partition coefficient (Wildman–Crippen LogP) is 4.57. The van der Waals surface area contributed by atoms with Crippen LogP contribution >= 0.6 is 11.3 Å². The number of likely N-dealkylation sites (tertiary alicyclic amines) is 1. The number of ether oxygens (including phenoxy) is 3. The fraction of sp³-hybridized carbons (Fsp3) is 0.429. The van der Waals surface area contributed by atoms with Gasteiger partial charge in [0, 0.05) is 23.7 Å². The molecule has 152 valence electrons. The van der Waals surface area contributed by atoms with Crippen molar-refractivity contribution in [1.82, 2.24) is 14.9 Å². The number of fused-ring (bicyclic) bond motifs is 1. The number of thiazole rings is 1. The zero-order chi connectivity index (χ0) is 19.8. The summed E-state index contributed by atoms with van der Waals surface area (Å²) in [6.07, 6.45) is 5.46. The second-order valence-corrected chi connectivity index (χ2v) is 8.21. The number of oxazole rings is 1. The minimum absolute atomic E-state index is 0.193. The van der Waals surface area contributed by atoms with Crippen LogP contribution < -0.4 is 14.2 Å². The largest absolute Gasteiger partial charge is 0.493 e. The maximum Gasteiger partial charge on any atom is 0.231 e. The van der Waals surface area contributed by atoms with E-state index in [0.717, 1.165) is 36.5 Å². The molecule has 0 bridgehead atoms. The zero-order valence-electron chi connectivity index (χ0n) is 16.5. The minimum Gasteiger partial charge on any atom is -0.493 e. The van der Waals surface area contributed by atoms with Crippen LogP contribution in [0.4, 0.5) is 0 Å². The molecule has 1 saturated heterocycles. The lowest BCUT2D eigenvalue weighted by Crippen LogP contribution is -2.33. The summed E-state index contributed by atoms with van der Waals surface area (Å²) in [4.78, 5) is 11.8. The van der Waals surface area contributed by atoms with Crippen molar-refractivity contribution in [3.8, 4) is 28.7 Å². The number of hydrogen-bond acceptors (Lipinski definition) is 8. The third-order valence-electron chi connectivity index (χ3n) is 5.50. The van der Waals surface area contributed by atoms with Crippen LogP contribution in [0.5, 0.6) is 17.2 Å². The molecule has 0 saturated carbocycles. The summed E-state index contributed by atoms with van der Waals surface area (Å²) in [5.74, 6) is 3.29. The van der Waals surface area contributed by atoms with Gasteiger partial charge in [0.15, 0.2) is 11.5 Å². The average molecular weight is 413 g/mol. The highest BCUT2D eigenvalue weighted by molar-refractivity contribution is 7.09. The molecule has 0 unspecified atom stereocenters. The molecule has 0 amide bonds. The summed E-state index contributed by atoms with van der Waals surface area (Å²) in [5.41, 5.74) is 1.77. The molecule has 0 N–H and O–H groups in total. The molecule has 3 aromatic rings. The molecule has 5 rings (SSSR count). The molecule has 7 nitrogen and oxygen atoms in total. The van der Waals surface area contributed by atoms with Gasteiger partial charge < -0.3 is 18.6 Å². The minimum atomic E-state index is 0.193. The number of rotatable bonds is 5. The lowest BCUT2D eigenvalue weighted by atomic mass is 10.0. The normalized spacial score (nSPS) is 18.9. The standard InChI is InChI=1S/C21H23N3O4S/c1-13-15(11-24-7-4-3-5-16(24)21-22-6-8-29-21)23-20(28-13)14-9-17(25-2)19-18(10-14)26-12-27-19/h6,8-10,16H,3-5,7,11-12H2,1-2H3/t16-/m0/s1. The topological polar surface area (TPSA) is 69.9 Å². The van der Waals surface area contributed by atoms with Gasteiger partial charge in [0.25, 0.3) is 0 Å². The van der Waals surface area contributed by atoms with Crippen molar-refractivity contribution in [3.05, 3.63) is 40.2 Å². The van der Waals surface area contributed by atoms with E-state index in [1.165, 1.54) is 17.8 Å². The van der Waals surface area contributed by atoms with Gasteiger partial charge in [0.2, 0.25) is 18.4 Å². The van der Waals surface area contributed by atoms with Crippen LogP contribution in [0.1, 0.15) is 41.8 Å². The Bertz CT molecular complexity index is 1000. The molecule has 1 fully saturated rings. The van der Waals surface area contributed by atoms with Crippen LogP contribution in [-0.4, -0.2) is 35.3 Å². The first-order chi connectivity index (χ1) is 14.2. The Morgan fingerprint density at radius 2 is 2.21 bits per heavy atom. The molecule has 2 aliphatic rings. The molecule has 2 aromatic heterocycles. The van der Waals surface area contributed by atoms with Gasteiger partial charge in [0.1, 0.15) is 10.8 Å². The molecule has 1 aromatic carbocycles. The van der Waals surface area contributed by atoms with Gasteiger partial charge in [-0.1, -0.05) is 6.42 Å². The molecular formula is C21H23N3O4S. The number of piperidine rings is 1. The van der Waals surface area contributed by atoms with E-state index in [2.05, 4.69) is 15.3 Å². The predicted molar refractivity (Wildman–Crippen MR) is 108 cm³/mol. The lowest BCUT2D eigenvalue weighted by Gasteiger charge is -2.33. The first-order valence-electron chi connectivity index (χ1n) is 9.80. The highest BCUT2D eigenvalue weighted by Gasteiger charge is 2.28. The average Bonchev–Trinajstić information content (AvgIpc) is 3.49. The Balaban J connectivity index is 1.42. The lowest BCUT2D eigenvalue weighted by molar-refractivity contribution is 0.138. The Morgan fingerprint density at radius 1 is 1.28 bits per heavy atom. The number of aryl methyl sites for hydroxylation is 1. The van der Waals surface area contributed by atoms with Crippen molar-refractivity contribution < 1.29 is 18.6 Å². The van der Waals surface area contributed by atoms with Gasteiger partial charge in [0.05, 0.1) is 18.8 Å². The Labute approximate surface area is 173 Å². The molecular weight excluding hydrogens is 390 g/mol. The highest BCUT2D eigenvalue weighted by Crippen LogP contribution is 2.44. The Hall–Kier alpha value is -2.58. The van der Waals surface area contributed by atoms with Crippen LogP contribution in [0, 0.1) is 6.92 Å². The van der Waals surface area contributed by atoms with Crippen molar-refractivity contribution in [3.63, 3.8) is 0 Å². The van der Waals surface area contributed by atoms with Gasteiger partial charge >= 0.3 is 0 Å². The van der Waals surface area contributed by atoms with Gasteiger partial charge in [-0.05, 0) is 38.4 Å². The fourth-order valence-corrected chi connectivity index (χ4v) is 4.81. The van der Waals surface area contributed by atoms with Crippen molar-refractivity contribution in [2.24, 2.45) is 0 Å². The first-order valence-corrected chi connectivity index (χ1v) is 10.7. The monoisotopic (exact) mass is 413 g/mol. The van der Waals surface area contributed by atoms with Crippen LogP contribution in [0.2, 0.25) is 0 Å². The van der Waals surface area contributed by atoms with Gasteiger partial charge in [-0.15, -0.1) is 11.3 Å². The molecule has 0 spiro atoms. The summed E-state index contributed by atoms with van der Waals surface area (Å²) >= 11 is 1.73. The molecule has 1 atom stereocenters. The second kappa shape index (κ2) is 7.68. The molecule has 2 aliphatic heterocycles. The zero-order valence-corrected chi connectivity index (χ0v) is 17.3. The second-order valence-electron chi connectivity index (χ2n) is 7.29. The fourth-order valence-electron chi connectivity index (χ4n) is 4.00. The van der Waals surface area contributed by atoms with Crippen molar-refractivity contribution in [2.45, 2.75) is 38.8 Å². The van der Waals surface area contributed by atoms with E-state index in [9.17, 15) is 0 Å². The van der Waals surface area contributed by atoms with Crippen molar-refractivity contribution in [2.75, 3.05) is 20.4 Å². The van der Waals surface area contributed by atoms with Crippen LogP contribution in [-0.2, 0) is 6.54 Å². The van der Waals surface area contributed by atoms with Gasteiger partial charge in [-0.3, -0.25) is 4.90 Å². The van der Waals surface area contributed by atoms with E-state index in [1.54, 1.807) is 18.4 Å². The third-order valence-corrected chi connectivity index (χ3v) is 6.38. The number of aromatic nitrogens is 2. The molecule has 4 heterocycles. The van der Waals surface area contributed by atoms with E-state index >= 15 is 0 Å². The van der Waals surface area contributed by atoms with Crippen LogP contribution in [0.15, 0.2) is 28.1 Å². The van der Waals surface area contributed by atoms with Gasteiger partial charge in [-0.2, -0.15) is 0 Å². The van der Waals surface area contributed by atoms with E-state index in [0.29, 0.717) is 29.2 Å². The summed E-state index contributed by atoms with van der Waals surface area (Å²) in [7, 11) is 1.61. The molecule has 0 radical (unpaired) electrons. The Morgan fingerprint density at radius 3 is 3.03 bits per heavy atom. The number of methoxy groups -OCH3 is 1. The summed E-state index contributed by atoms with van der Waals surface area (Å²) in [6.45, 7) is 3.96. The number of benzene rings is 1. The first kappa shape index (κ1) is 18.4. The van der Waals surface area contributed by atoms with Crippen molar-refractivity contribution >= 4 is 11.3 Å². The van der Waals surface area contributed by atoms with E-state index < -0.39 is 0 Å². The quantitative estimate of drug-likeness (QED) is 0.607. The summed E-state index contributed by atoms with van der Waals surface area (Å²) < 4.78 is 22.5. The van der Waals surface area contributed by atoms with Crippen LogP contribution in [0.3, 0.4) is 0 Å². The van der Waals surface area contributed by atoms with E-state index in [4.69, 9.17) is 23.6 Å².